The Labute approximate surface area is 130 Å². The summed E-state index contributed by atoms with van der Waals surface area (Å²) in [7, 11) is -3.62. The van der Waals surface area contributed by atoms with Crippen molar-refractivity contribution in [1.29, 1.82) is 0 Å². The van der Waals surface area contributed by atoms with Crippen molar-refractivity contribution < 1.29 is 17.9 Å². The first kappa shape index (κ1) is 16.7. The van der Waals surface area contributed by atoms with Gasteiger partial charge in [0.05, 0.1) is 18.1 Å². The molecule has 7 heteroatoms. The molecule has 0 bridgehead atoms. The number of fused-ring (bicyclic) bond motifs is 1. The van der Waals surface area contributed by atoms with Gasteiger partial charge in [-0.05, 0) is 38.1 Å². The van der Waals surface area contributed by atoms with E-state index in [2.05, 4.69) is 9.71 Å². The smallest absolute Gasteiger partial charge is 0.241 e. The Balaban J connectivity index is 2.37. The number of nitrogens with zero attached hydrogens (tertiary/aromatic N) is 1. The quantitative estimate of drug-likeness (QED) is 0.751. The van der Waals surface area contributed by atoms with E-state index < -0.39 is 10.0 Å². The maximum absolute atomic E-state index is 12.4. The highest BCUT2D eigenvalue weighted by atomic mass is 32.2. The van der Waals surface area contributed by atoms with E-state index >= 15 is 0 Å². The number of ether oxygens (including phenoxy) is 2. The molecule has 1 aromatic heterocycles. The average molecular weight is 324 g/mol. The molecule has 0 atom stereocenters. The van der Waals surface area contributed by atoms with Crippen molar-refractivity contribution in [2.45, 2.75) is 18.7 Å². The Hall–Kier alpha value is -1.70. The van der Waals surface area contributed by atoms with Crippen molar-refractivity contribution in [3.63, 3.8) is 0 Å². The summed E-state index contributed by atoms with van der Waals surface area (Å²) in [4.78, 5) is 4.43. The largest absolute Gasteiger partial charge is 0.492 e. The fourth-order valence-corrected chi connectivity index (χ4v) is 3.31. The Bertz CT molecular complexity index is 731. The molecule has 0 aliphatic rings. The molecule has 0 amide bonds. The van der Waals surface area contributed by atoms with Crippen molar-refractivity contribution in [3.8, 4) is 5.75 Å². The van der Waals surface area contributed by atoms with Crippen molar-refractivity contribution in [1.82, 2.24) is 9.71 Å². The molecule has 1 N–H and O–H groups in total. The Morgan fingerprint density at radius 3 is 2.73 bits per heavy atom. The van der Waals surface area contributed by atoms with Gasteiger partial charge in [-0.2, -0.15) is 0 Å². The highest BCUT2D eigenvalue weighted by molar-refractivity contribution is 7.89. The number of sulfonamides is 1. The summed E-state index contributed by atoms with van der Waals surface area (Å²) in [6, 6.07) is 6.60. The number of pyridine rings is 1. The van der Waals surface area contributed by atoms with E-state index in [0.29, 0.717) is 36.5 Å². The molecule has 0 saturated heterocycles. The molecule has 0 fully saturated rings. The van der Waals surface area contributed by atoms with Crippen LogP contribution in [0.2, 0.25) is 0 Å². The summed E-state index contributed by atoms with van der Waals surface area (Å²) in [5.41, 5.74) is 0.539. The van der Waals surface area contributed by atoms with Crippen molar-refractivity contribution >= 4 is 20.9 Å². The van der Waals surface area contributed by atoms with Gasteiger partial charge < -0.3 is 9.47 Å². The van der Waals surface area contributed by atoms with Crippen LogP contribution in [0.3, 0.4) is 0 Å². The lowest BCUT2D eigenvalue weighted by Gasteiger charge is -2.12. The number of rotatable bonds is 8. The van der Waals surface area contributed by atoms with Crippen LogP contribution in [-0.4, -0.2) is 39.8 Å². The van der Waals surface area contributed by atoms with Gasteiger partial charge in [0.25, 0.3) is 0 Å². The minimum absolute atomic E-state index is 0.190. The molecule has 0 spiro atoms. The monoisotopic (exact) mass is 324 g/mol. The highest BCUT2D eigenvalue weighted by Crippen LogP contribution is 2.29. The minimum Gasteiger partial charge on any atom is -0.492 e. The molecule has 0 aliphatic heterocycles. The second-order valence-corrected chi connectivity index (χ2v) is 6.22. The zero-order valence-electron chi connectivity index (χ0n) is 12.7. The van der Waals surface area contributed by atoms with Gasteiger partial charge in [0.1, 0.15) is 11.3 Å². The fourth-order valence-electron chi connectivity index (χ4n) is 2.10. The van der Waals surface area contributed by atoms with Gasteiger partial charge in [0.15, 0.2) is 0 Å². The predicted molar refractivity (Wildman–Crippen MR) is 84.6 cm³/mol. The van der Waals surface area contributed by atoms with Crippen molar-refractivity contribution in [3.05, 3.63) is 30.5 Å². The second kappa shape index (κ2) is 7.53. The molecule has 0 unspecified atom stereocenters. The van der Waals surface area contributed by atoms with Crippen molar-refractivity contribution in [2.24, 2.45) is 0 Å². The fraction of sp³-hybridized carbons (Fsp3) is 0.400. The maximum atomic E-state index is 12.4. The molecule has 0 aliphatic carbocycles. The summed E-state index contributed by atoms with van der Waals surface area (Å²) in [5, 5.41) is 0.539. The topological polar surface area (TPSA) is 77.5 Å². The van der Waals surface area contributed by atoms with Gasteiger partial charge in [-0.25, -0.2) is 13.1 Å². The lowest BCUT2D eigenvalue weighted by atomic mass is 10.2. The number of hydrogen-bond donors (Lipinski definition) is 1. The summed E-state index contributed by atoms with van der Waals surface area (Å²) in [5.74, 6) is 0.575. The molecular weight excluding hydrogens is 304 g/mol. The van der Waals surface area contributed by atoms with E-state index in [4.69, 9.17) is 9.47 Å². The number of nitrogens with one attached hydrogen (secondary N) is 1. The van der Waals surface area contributed by atoms with Gasteiger partial charge >= 0.3 is 0 Å². The first-order valence-electron chi connectivity index (χ1n) is 7.18. The minimum atomic E-state index is -3.62. The molecule has 120 valence electrons. The summed E-state index contributed by atoms with van der Waals surface area (Å²) in [6.45, 7) is 5.34. The van der Waals surface area contributed by atoms with Crippen LogP contribution in [0.1, 0.15) is 13.8 Å². The van der Waals surface area contributed by atoms with Crippen LogP contribution in [0.25, 0.3) is 10.9 Å². The van der Waals surface area contributed by atoms with E-state index in [1.54, 1.807) is 24.4 Å². The molecule has 22 heavy (non-hydrogen) atoms. The summed E-state index contributed by atoms with van der Waals surface area (Å²) in [6.07, 6.45) is 1.61. The predicted octanol–water partition coefficient (Wildman–Crippen LogP) is 1.95. The molecule has 0 radical (unpaired) electrons. The van der Waals surface area contributed by atoms with Crippen LogP contribution in [0.15, 0.2) is 35.4 Å². The van der Waals surface area contributed by atoms with E-state index in [1.165, 1.54) is 6.07 Å². The zero-order valence-corrected chi connectivity index (χ0v) is 13.5. The lowest BCUT2D eigenvalue weighted by molar-refractivity contribution is 0.153. The van der Waals surface area contributed by atoms with Gasteiger partial charge in [-0.1, -0.05) is 0 Å². The van der Waals surface area contributed by atoms with Crippen LogP contribution in [-0.2, 0) is 14.8 Å². The van der Waals surface area contributed by atoms with Crippen LogP contribution >= 0.6 is 0 Å². The summed E-state index contributed by atoms with van der Waals surface area (Å²) < 4.78 is 38.1. The Morgan fingerprint density at radius 1 is 1.18 bits per heavy atom. The second-order valence-electron chi connectivity index (χ2n) is 4.49. The standard InChI is InChI=1S/C15H20N2O4S/c1-3-20-11-10-17-22(18,19)14-8-7-13(21-4-2)15-12(14)6-5-9-16-15/h5-9,17H,3-4,10-11H2,1-2H3. The van der Waals surface area contributed by atoms with Crippen LogP contribution in [0.5, 0.6) is 5.75 Å². The first-order valence-corrected chi connectivity index (χ1v) is 8.66. The van der Waals surface area contributed by atoms with E-state index in [-0.39, 0.29) is 11.4 Å². The average Bonchev–Trinajstić information content (AvgIpc) is 2.52. The molecule has 0 saturated carbocycles. The molecule has 1 aromatic carbocycles. The van der Waals surface area contributed by atoms with Gasteiger partial charge in [0.2, 0.25) is 10.0 Å². The van der Waals surface area contributed by atoms with Crippen molar-refractivity contribution in [2.75, 3.05) is 26.4 Å². The van der Waals surface area contributed by atoms with E-state index in [0.717, 1.165) is 0 Å². The lowest BCUT2D eigenvalue weighted by Crippen LogP contribution is -2.27. The number of benzene rings is 1. The Morgan fingerprint density at radius 2 is 2.00 bits per heavy atom. The van der Waals surface area contributed by atoms with Crippen LogP contribution in [0.4, 0.5) is 0 Å². The zero-order chi connectivity index (χ0) is 16.0. The first-order chi connectivity index (χ1) is 10.6. The van der Waals surface area contributed by atoms with Crippen LogP contribution in [0, 0.1) is 0 Å². The SMILES string of the molecule is CCOCCNS(=O)(=O)c1ccc(OCC)c2ncccc12. The van der Waals surface area contributed by atoms with Gasteiger partial charge in [-0.3, -0.25) is 4.98 Å². The number of aromatic nitrogens is 1. The molecule has 2 rings (SSSR count). The molecular formula is C15H20N2O4S. The van der Waals surface area contributed by atoms with Gasteiger partial charge in [-0.15, -0.1) is 0 Å². The number of hydrogen-bond acceptors (Lipinski definition) is 5. The Kier molecular flexibility index (Phi) is 5.70. The third-order valence-corrected chi connectivity index (χ3v) is 4.54. The highest BCUT2D eigenvalue weighted by Gasteiger charge is 2.19. The molecule has 1 heterocycles. The van der Waals surface area contributed by atoms with E-state index in [1.807, 2.05) is 13.8 Å². The normalized spacial score (nSPS) is 11.7. The maximum Gasteiger partial charge on any atom is 0.241 e. The van der Waals surface area contributed by atoms with E-state index in [9.17, 15) is 8.42 Å². The van der Waals surface area contributed by atoms with Crippen LogP contribution < -0.4 is 9.46 Å². The molecule has 2 aromatic rings. The molecule has 6 nitrogen and oxygen atoms in total. The third kappa shape index (κ3) is 3.73. The van der Waals surface area contributed by atoms with Gasteiger partial charge in [0, 0.05) is 24.7 Å². The third-order valence-electron chi connectivity index (χ3n) is 3.02. The summed E-state index contributed by atoms with van der Waals surface area (Å²) >= 11 is 0.